The van der Waals surface area contributed by atoms with E-state index in [1.165, 1.54) is 5.56 Å². The Kier molecular flexibility index (Phi) is 6.79. The maximum atomic E-state index is 12.5. The van der Waals surface area contributed by atoms with Crippen LogP contribution in [0, 0.1) is 0 Å². The minimum atomic E-state index is -0.141. The quantitative estimate of drug-likeness (QED) is 0.632. The van der Waals surface area contributed by atoms with Crippen molar-refractivity contribution in [1.82, 2.24) is 20.0 Å². The van der Waals surface area contributed by atoms with Gasteiger partial charge in [0.2, 0.25) is 0 Å². The highest BCUT2D eigenvalue weighted by atomic mass is 35.5. The first kappa shape index (κ1) is 20.6. The summed E-state index contributed by atoms with van der Waals surface area (Å²) in [7, 11) is 0. The molecule has 2 aromatic carbocycles. The largest absolute Gasteiger partial charge is 0.379 e. The summed E-state index contributed by atoms with van der Waals surface area (Å²) in [5.74, 6) is -0.141. The fraction of sp³-hybridized carbons (Fsp3) is 0.304. The maximum absolute atomic E-state index is 12.5. The van der Waals surface area contributed by atoms with Crippen LogP contribution < -0.4 is 5.32 Å². The van der Waals surface area contributed by atoms with E-state index in [1.807, 2.05) is 24.3 Å². The van der Waals surface area contributed by atoms with Gasteiger partial charge in [-0.15, -0.1) is 0 Å². The normalized spacial score (nSPS) is 14.6. The van der Waals surface area contributed by atoms with Gasteiger partial charge in [0.05, 0.1) is 31.5 Å². The lowest BCUT2D eigenvalue weighted by molar-refractivity contribution is 0.0342. The van der Waals surface area contributed by atoms with Crippen LogP contribution in [0.5, 0.6) is 0 Å². The second-order valence-corrected chi connectivity index (χ2v) is 7.81. The number of carbonyl (C=O) groups excluding carboxylic acids is 1. The van der Waals surface area contributed by atoms with Gasteiger partial charge in [-0.1, -0.05) is 54.1 Å². The van der Waals surface area contributed by atoms with Crippen molar-refractivity contribution >= 4 is 17.5 Å². The number of hydrogen-bond donors (Lipinski definition) is 1. The number of benzene rings is 2. The number of morpholine rings is 1. The number of aromatic nitrogens is 2. The number of amides is 1. The van der Waals surface area contributed by atoms with Gasteiger partial charge in [0.25, 0.3) is 5.91 Å². The van der Waals surface area contributed by atoms with Gasteiger partial charge >= 0.3 is 0 Å². The molecule has 1 N–H and O–H groups in total. The second kappa shape index (κ2) is 9.89. The van der Waals surface area contributed by atoms with Crippen LogP contribution in [0.2, 0.25) is 5.02 Å². The van der Waals surface area contributed by atoms with Crippen LogP contribution in [0.15, 0.2) is 60.9 Å². The monoisotopic (exact) mass is 424 g/mol. The van der Waals surface area contributed by atoms with Crippen LogP contribution in [-0.2, 0) is 24.4 Å². The molecule has 30 heavy (non-hydrogen) atoms. The molecule has 0 radical (unpaired) electrons. The van der Waals surface area contributed by atoms with Crippen LogP contribution >= 0.6 is 11.6 Å². The molecule has 1 aliphatic heterocycles. The Morgan fingerprint density at radius 2 is 1.77 bits per heavy atom. The lowest BCUT2D eigenvalue weighted by Gasteiger charge is -2.26. The Morgan fingerprint density at radius 3 is 2.53 bits per heavy atom. The van der Waals surface area contributed by atoms with E-state index in [9.17, 15) is 4.79 Å². The minimum Gasteiger partial charge on any atom is -0.379 e. The SMILES string of the molecule is O=C(NCc1ccc(CN2CCOCC2)cc1)c1cnn(Cc2ccccc2Cl)c1. The van der Waals surface area contributed by atoms with E-state index in [2.05, 4.69) is 39.6 Å². The lowest BCUT2D eigenvalue weighted by atomic mass is 10.1. The van der Waals surface area contributed by atoms with Crippen molar-refractivity contribution in [2.75, 3.05) is 26.3 Å². The summed E-state index contributed by atoms with van der Waals surface area (Å²) in [5.41, 5.74) is 3.84. The number of ether oxygens (including phenoxy) is 1. The van der Waals surface area contributed by atoms with E-state index in [4.69, 9.17) is 16.3 Å². The highest BCUT2D eigenvalue weighted by Gasteiger charge is 2.11. The van der Waals surface area contributed by atoms with Crippen LogP contribution in [0.1, 0.15) is 27.0 Å². The highest BCUT2D eigenvalue weighted by Crippen LogP contribution is 2.16. The number of rotatable bonds is 7. The predicted molar refractivity (Wildman–Crippen MR) is 116 cm³/mol. The maximum Gasteiger partial charge on any atom is 0.254 e. The molecule has 1 amide bonds. The average Bonchev–Trinajstić information content (AvgIpc) is 3.24. The van der Waals surface area contributed by atoms with Crippen LogP contribution in [0.25, 0.3) is 0 Å². The molecule has 1 saturated heterocycles. The summed E-state index contributed by atoms with van der Waals surface area (Å²) in [6.07, 6.45) is 3.32. The Labute approximate surface area is 181 Å². The molecule has 0 unspecified atom stereocenters. The molecule has 1 aliphatic rings. The van der Waals surface area contributed by atoms with E-state index < -0.39 is 0 Å². The van der Waals surface area contributed by atoms with Crippen molar-refractivity contribution in [3.63, 3.8) is 0 Å². The first-order valence-corrected chi connectivity index (χ1v) is 10.5. The molecule has 0 saturated carbocycles. The van der Waals surface area contributed by atoms with Gasteiger partial charge in [-0.05, 0) is 22.8 Å². The Balaban J connectivity index is 1.28. The standard InChI is InChI=1S/C23H25ClN4O2/c24-22-4-2-1-3-20(22)16-28-17-21(14-26-28)23(29)25-13-18-5-7-19(8-6-18)15-27-9-11-30-12-10-27/h1-8,14,17H,9-13,15-16H2,(H,25,29). The topological polar surface area (TPSA) is 59.4 Å². The molecule has 7 heteroatoms. The van der Waals surface area contributed by atoms with E-state index in [-0.39, 0.29) is 5.91 Å². The molecule has 0 bridgehead atoms. The zero-order valence-electron chi connectivity index (χ0n) is 16.8. The van der Waals surface area contributed by atoms with Gasteiger partial charge < -0.3 is 10.1 Å². The van der Waals surface area contributed by atoms with Gasteiger partial charge in [0.1, 0.15) is 0 Å². The number of hydrogen-bond acceptors (Lipinski definition) is 4. The molecule has 1 fully saturated rings. The molecule has 1 aromatic heterocycles. The molecule has 156 valence electrons. The van der Waals surface area contributed by atoms with Crippen molar-refractivity contribution in [3.05, 3.63) is 88.2 Å². The summed E-state index contributed by atoms with van der Waals surface area (Å²) in [6, 6.07) is 16.0. The number of halogens is 1. The Bertz CT molecular complexity index is 981. The van der Waals surface area contributed by atoms with Crippen LogP contribution in [-0.4, -0.2) is 46.9 Å². The third kappa shape index (κ3) is 5.48. The molecule has 0 aliphatic carbocycles. The van der Waals surface area contributed by atoms with E-state index >= 15 is 0 Å². The summed E-state index contributed by atoms with van der Waals surface area (Å²) < 4.78 is 7.11. The third-order valence-electron chi connectivity index (χ3n) is 5.17. The van der Waals surface area contributed by atoms with E-state index in [1.54, 1.807) is 17.1 Å². The number of carbonyl (C=O) groups is 1. The summed E-state index contributed by atoms with van der Waals surface area (Å²) >= 11 is 6.20. The molecule has 6 nitrogen and oxygen atoms in total. The third-order valence-corrected chi connectivity index (χ3v) is 5.54. The smallest absolute Gasteiger partial charge is 0.254 e. The molecule has 0 atom stereocenters. The molecule has 3 aromatic rings. The zero-order valence-corrected chi connectivity index (χ0v) is 17.5. The summed E-state index contributed by atoms with van der Waals surface area (Å²) in [6.45, 7) is 5.49. The van der Waals surface area contributed by atoms with Gasteiger partial charge in [-0.2, -0.15) is 5.10 Å². The van der Waals surface area contributed by atoms with Crippen molar-refractivity contribution in [2.45, 2.75) is 19.6 Å². The predicted octanol–water partition coefficient (Wildman–Crippen LogP) is 3.35. The molecule has 4 rings (SSSR count). The highest BCUT2D eigenvalue weighted by molar-refractivity contribution is 6.31. The number of nitrogens with zero attached hydrogens (tertiary/aromatic N) is 3. The first-order chi connectivity index (χ1) is 14.7. The fourth-order valence-electron chi connectivity index (χ4n) is 3.43. The zero-order chi connectivity index (χ0) is 20.8. The van der Waals surface area contributed by atoms with Gasteiger partial charge in [0.15, 0.2) is 0 Å². The van der Waals surface area contributed by atoms with Crippen LogP contribution in [0.4, 0.5) is 0 Å². The molecule has 2 heterocycles. The lowest BCUT2D eigenvalue weighted by Crippen LogP contribution is -2.35. The molecule has 0 spiro atoms. The minimum absolute atomic E-state index is 0.141. The van der Waals surface area contributed by atoms with Crippen molar-refractivity contribution in [1.29, 1.82) is 0 Å². The first-order valence-electron chi connectivity index (χ1n) is 10.1. The second-order valence-electron chi connectivity index (χ2n) is 7.41. The van der Waals surface area contributed by atoms with E-state index in [0.29, 0.717) is 23.7 Å². The summed E-state index contributed by atoms with van der Waals surface area (Å²) in [5, 5.41) is 7.93. The number of nitrogens with one attached hydrogen (secondary N) is 1. The van der Waals surface area contributed by atoms with E-state index in [0.717, 1.165) is 44.0 Å². The van der Waals surface area contributed by atoms with Crippen molar-refractivity contribution in [2.24, 2.45) is 0 Å². The van der Waals surface area contributed by atoms with Crippen molar-refractivity contribution in [3.8, 4) is 0 Å². The summed E-state index contributed by atoms with van der Waals surface area (Å²) in [4.78, 5) is 14.9. The molecular formula is C23H25ClN4O2. The Hall–Kier alpha value is -2.67. The average molecular weight is 425 g/mol. The van der Waals surface area contributed by atoms with Gasteiger partial charge in [-0.25, -0.2) is 0 Å². The van der Waals surface area contributed by atoms with Gasteiger partial charge in [-0.3, -0.25) is 14.4 Å². The van der Waals surface area contributed by atoms with Crippen molar-refractivity contribution < 1.29 is 9.53 Å². The fourth-order valence-corrected chi connectivity index (χ4v) is 3.63. The van der Waals surface area contributed by atoms with Crippen LogP contribution in [0.3, 0.4) is 0 Å². The van der Waals surface area contributed by atoms with Gasteiger partial charge in [0, 0.05) is 37.4 Å². The molecular weight excluding hydrogens is 400 g/mol. The Morgan fingerprint density at radius 1 is 1.03 bits per heavy atom.